The van der Waals surface area contributed by atoms with Crippen LogP contribution >= 0.6 is 0 Å². The molecule has 3 aliphatic heterocycles. The molecule has 10 nitrogen and oxygen atoms in total. The topological polar surface area (TPSA) is 98.1 Å². The number of fused-ring (bicyclic) bond motifs is 2. The van der Waals surface area contributed by atoms with Gasteiger partial charge in [0.05, 0.1) is 36.3 Å². The van der Waals surface area contributed by atoms with Crippen LogP contribution in [0.25, 0.3) is 10.8 Å². The molecule has 12 heteroatoms. The Labute approximate surface area is 302 Å². The number of alkyl halides is 2. The first-order valence-corrected chi connectivity index (χ1v) is 18.3. The number of nitriles is 1. The molecule has 1 aromatic heterocycles. The van der Waals surface area contributed by atoms with Crippen molar-refractivity contribution < 1.29 is 23.0 Å². The molecule has 3 aromatic carbocycles. The lowest BCUT2D eigenvalue weighted by Crippen LogP contribution is -2.55. The summed E-state index contributed by atoms with van der Waals surface area (Å²) < 4.78 is 40.3. The smallest absolute Gasteiger partial charge is 0.410 e. The minimum absolute atomic E-state index is 0.00718. The highest BCUT2D eigenvalue weighted by Gasteiger charge is 2.49. The maximum absolute atomic E-state index is 14.1. The van der Waals surface area contributed by atoms with Crippen LogP contribution in [0.4, 0.5) is 25.1 Å². The molecule has 270 valence electrons. The molecule has 2 saturated heterocycles. The average molecular weight is 708 g/mol. The molecule has 0 radical (unpaired) electrons. The van der Waals surface area contributed by atoms with Crippen LogP contribution in [0, 0.1) is 11.3 Å². The zero-order valence-corrected chi connectivity index (χ0v) is 29.2. The summed E-state index contributed by atoms with van der Waals surface area (Å²) in [5, 5.41) is 11.5. The molecule has 52 heavy (non-hydrogen) atoms. The van der Waals surface area contributed by atoms with Gasteiger partial charge in [-0.25, -0.2) is 13.6 Å². The highest BCUT2D eigenvalue weighted by molar-refractivity contribution is 5.95. The largest absolute Gasteiger partial charge is 0.461 e. The molecule has 4 aliphatic rings. The van der Waals surface area contributed by atoms with Crippen LogP contribution in [0.15, 0.2) is 66.7 Å². The van der Waals surface area contributed by atoms with Gasteiger partial charge in [0.1, 0.15) is 19.0 Å². The second-order valence-electron chi connectivity index (χ2n) is 14.4. The number of ether oxygens (including phenoxy) is 2. The Balaban J connectivity index is 1.08. The SMILES string of the molecule is N#CC[C@H]1CN(c2nc(OCC3(N4CCCC4)CC3)nc3c2CCN(c2cc(C(F)F)cc4ccccc24)C3)CCN1C(=O)OCc1ccccc1. The van der Waals surface area contributed by atoms with Gasteiger partial charge in [-0.3, -0.25) is 4.90 Å². The van der Waals surface area contributed by atoms with Crippen molar-refractivity contribution in [3.8, 4) is 12.1 Å². The quantitative estimate of drug-likeness (QED) is 0.175. The predicted octanol–water partition coefficient (Wildman–Crippen LogP) is 6.88. The van der Waals surface area contributed by atoms with Gasteiger partial charge in [-0.15, -0.1) is 0 Å². The van der Waals surface area contributed by atoms with Crippen LogP contribution in [-0.2, 0) is 24.3 Å². The first kappa shape index (κ1) is 34.1. The van der Waals surface area contributed by atoms with Crippen molar-refractivity contribution in [1.82, 2.24) is 19.8 Å². The van der Waals surface area contributed by atoms with Crippen molar-refractivity contribution in [2.45, 2.75) is 69.7 Å². The number of aromatic nitrogens is 2. The number of halogens is 2. The van der Waals surface area contributed by atoms with Gasteiger partial charge in [-0.1, -0.05) is 54.6 Å². The van der Waals surface area contributed by atoms with Crippen molar-refractivity contribution in [2.75, 3.05) is 55.7 Å². The Morgan fingerprint density at radius 3 is 2.52 bits per heavy atom. The van der Waals surface area contributed by atoms with Crippen LogP contribution in [0.2, 0.25) is 0 Å². The maximum atomic E-state index is 14.1. The zero-order chi connectivity index (χ0) is 35.7. The summed E-state index contributed by atoms with van der Waals surface area (Å²) in [7, 11) is 0. The molecular formula is C40H43F2N7O3. The minimum atomic E-state index is -2.59. The lowest BCUT2D eigenvalue weighted by Gasteiger charge is -2.42. The molecule has 4 heterocycles. The van der Waals surface area contributed by atoms with E-state index in [1.165, 1.54) is 12.8 Å². The van der Waals surface area contributed by atoms with Crippen molar-refractivity contribution in [1.29, 1.82) is 5.26 Å². The van der Waals surface area contributed by atoms with E-state index >= 15 is 0 Å². The van der Waals surface area contributed by atoms with Crippen molar-refractivity contribution >= 4 is 28.4 Å². The summed E-state index contributed by atoms with van der Waals surface area (Å²) in [4.78, 5) is 31.8. The number of benzene rings is 3. The molecule has 4 aromatic rings. The Bertz CT molecular complexity index is 1960. The standard InChI is InChI=1S/C40H43F2N7O3/c41-36(42)30-22-29-10-4-5-11-32(29)35(23-30)46-19-13-33-34(25-46)44-38(52-27-40(14-15-40)48-17-6-7-18-48)45-37(33)47-20-21-49(31(24-47)12-16-43)39(50)51-26-28-8-2-1-3-9-28/h1-5,8-11,22-23,31,36H,6-7,12-15,17-21,24-27H2/t31-/m0/s1. The monoisotopic (exact) mass is 707 g/mol. The number of nitrogens with zero attached hydrogens (tertiary/aromatic N) is 7. The fourth-order valence-corrected chi connectivity index (χ4v) is 8.08. The average Bonchev–Trinajstić information content (AvgIpc) is 3.76. The van der Waals surface area contributed by atoms with Gasteiger partial charge in [0.25, 0.3) is 6.43 Å². The molecular weight excluding hydrogens is 664 g/mol. The van der Waals surface area contributed by atoms with Crippen LogP contribution < -0.4 is 14.5 Å². The lowest BCUT2D eigenvalue weighted by atomic mass is 10.00. The van der Waals surface area contributed by atoms with Gasteiger partial charge in [0.2, 0.25) is 0 Å². The molecule has 0 bridgehead atoms. The van der Waals surface area contributed by atoms with Crippen molar-refractivity contribution in [3.63, 3.8) is 0 Å². The number of carbonyl (C=O) groups is 1. The predicted molar refractivity (Wildman–Crippen MR) is 194 cm³/mol. The summed E-state index contributed by atoms with van der Waals surface area (Å²) in [5.74, 6) is 0.747. The number of piperazine rings is 1. The van der Waals surface area contributed by atoms with Gasteiger partial charge in [0.15, 0.2) is 0 Å². The normalized spacial score (nSPS) is 19.8. The number of rotatable bonds is 10. The third-order valence-electron chi connectivity index (χ3n) is 11.1. The maximum Gasteiger partial charge on any atom is 0.410 e. The molecule has 1 amide bonds. The summed E-state index contributed by atoms with van der Waals surface area (Å²) in [5.41, 5.74) is 3.45. The summed E-state index contributed by atoms with van der Waals surface area (Å²) in [6.45, 7) is 5.09. The molecule has 0 unspecified atom stereocenters. The lowest BCUT2D eigenvalue weighted by molar-refractivity contribution is 0.0767. The van der Waals surface area contributed by atoms with Gasteiger partial charge in [-0.05, 0) is 68.3 Å². The number of amides is 1. The Morgan fingerprint density at radius 2 is 1.75 bits per heavy atom. The number of carbonyl (C=O) groups excluding carboxylic acids is 1. The van der Waals surface area contributed by atoms with E-state index in [1.54, 1.807) is 17.0 Å². The second-order valence-corrected chi connectivity index (χ2v) is 14.4. The van der Waals surface area contributed by atoms with E-state index in [2.05, 4.69) is 20.8 Å². The molecule has 1 atom stereocenters. The molecule has 3 fully saturated rings. The fraction of sp³-hybridized carbons (Fsp3) is 0.450. The van der Waals surface area contributed by atoms with Gasteiger partial charge >= 0.3 is 12.1 Å². The van der Waals surface area contributed by atoms with Gasteiger partial charge < -0.3 is 24.2 Å². The van der Waals surface area contributed by atoms with E-state index in [9.17, 15) is 18.8 Å². The molecule has 1 saturated carbocycles. The summed E-state index contributed by atoms with van der Waals surface area (Å²) in [6, 6.07) is 22.5. The van der Waals surface area contributed by atoms with Crippen LogP contribution in [0.3, 0.4) is 0 Å². The summed E-state index contributed by atoms with van der Waals surface area (Å²) >= 11 is 0. The van der Waals surface area contributed by atoms with E-state index in [0.717, 1.165) is 65.0 Å². The van der Waals surface area contributed by atoms with E-state index in [0.29, 0.717) is 51.8 Å². The highest BCUT2D eigenvalue weighted by Crippen LogP contribution is 2.44. The number of anilines is 2. The molecule has 0 N–H and O–H groups in total. The number of likely N-dealkylation sites (tertiary alicyclic amines) is 1. The van der Waals surface area contributed by atoms with Crippen LogP contribution in [-0.4, -0.2) is 83.3 Å². The number of hydrogen-bond acceptors (Lipinski definition) is 9. The van der Waals surface area contributed by atoms with Crippen LogP contribution in [0.1, 0.15) is 60.9 Å². The van der Waals surface area contributed by atoms with Gasteiger partial charge in [-0.2, -0.15) is 15.2 Å². The Hall–Kier alpha value is -5.02. The van der Waals surface area contributed by atoms with E-state index < -0.39 is 18.6 Å². The molecule has 0 spiro atoms. The van der Waals surface area contributed by atoms with E-state index in [-0.39, 0.29) is 24.1 Å². The Kier molecular flexibility index (Phi) is 9.53. The first-order valence-electron chi connectivity index (χ1n) is 18.3. The van der Waals surface area contributed by atoms with E-state index in [1.807, 2.05) is 54.6 Å². The number of hydrogen-bond donors (Lipinski definition) is 0. The zero-order valence-electron chi connectivity index (χ0n) is 29.2. The molecule has 1 aliphatic carbocycles. The third kappa shape index (κ3) is 6.94. The van der Waals surface area contributed by atoms with Crippen molar-refractivity contribution in [3.05, 3.63) is 89.1 Å². The third-order valence-corrected chi connectivity index (χ3v) is 11.1. The first-order chi connectivity index (χ1) is 25.4. The second kappa shape index (κ2) is 14.5. The van der Waals surface area contributed by atoms with Crippen LogP contribution in [0.5, 0.6) is 6.01 Å². The van der Waals surface area contributed by atoms with Crippen molar-refractivity contribution in [2.24, 2.45) is 0 Å². The molecule has 8 rings (SSSR count). The van der Waals surface area contributed by atoms with Gasteiger partial charge in [0, 0.05) is 48.4 Å². The highest BCUT2D eigenvalue weighted by atomic mass is 19.3. The fourth-order valence-electron chi connectivity index (χ4n) is 8.08. The Morgan fingerprint density at radius 1 is 0.962 bits per heavy atom. The van der Waals surface area contributed by atoms with E-state index in [4.69, 9.17) is 19.4 Å². The summed E-state index contributed by atoms with van der Waals surface area (Å²) in [6.07, 6.45) is 2.29. The minimum Gasteiger partial charge on any atom is -0.461 e.